The number of hydrogen-bond donors (Lipinski definition) is 1. The average Bonchev–Trinajstić information content (AvgIpc) is 2.36. The number of hydrogen-bond acceptors (Lipinski definition) is 3. The monoisotopic (exact) mass is 346 g/mol. The molecule has 0 saturated heterocycles. The highest BCUT2D eigenvalue weighted by Crippen LogP contribution is 2.16. The number of carbonyl (C=O) groups is 1. The molecule has 1 aromatic carbocycles. The maximum Gasteiger partial charge on any atom is 0.235 e. The lowest BCUT2D eigenvalue weighted by molar-refractivity contribution is -0.121. The van der Waals surface area contributed by atoms with E-state index in [1.165, 1.54) is 4.31 Å². The molecule has 1 aromatic rings. The molecule has 0 fully saturated rings. The van der Waals surface area contributed by atoms with Gasteiger partial charge in [-0.25, -0.2) is 8.42 Å². The minimum absolute atomic E-state index is 0.178. The molecule has 0 radical (unpaired) electrons. The summed E-state index contributed by atoms with van der Waals surface area (Å²) in [7, 11) is -3.44. The lowest BCUT2D eigenvalue weighted by Crippen LogP contribution is -2.50. The number of nitrogens with zero attached hydrogens (tertiary/aromatic N) is 1. The van der Waals surface area contributed by atoms with Crippen LogP contribution in [0.5, 0.6) is 0 Å². The van der Waals surface area contributed by atoms with Gasteiger partial charge in [0.05, 0.1) is 12.8 Å². The summed E-state index contributed by atoms with van der Waals surface area (Å²) in [4.78, 5) is 12.0. The van der Waals surface area contributed by atoms with Crippen molar-refractivity contribution in [2.24, 2.45) is 0 Å². The third-order valence-electron chi connectivity index (χ3n) is 3.08. The minimum atomic E-state index is -3.44. The van der Waals surface area contributed by atoms with Crippen LogP contribution in [-0.2, 0) is 21.2 Å². The van der Waals surface area contributed by atoms with Crippen molar-refractivity contribution in [3.05, 3.63) is 34.9 Å². The Morgan fingerprint density at radius 1 is 1.23 bits per heavy atom. The summed E-state index contributed by atoms with van der Waals surface area (Å²) < 4.78 is 24.7. The second-order valence-electron chi connectivity index (χ2n) is 6.17. The summed E-state index contributed by atoms with van der Waals surface area (Å²) in [5.74, 6) is -0.311. The molecule has 5 nitrogen and oxygen atoms in total. The first-order valence-corrected chi connectivity index (χ1v) is 9.22. The number of nitrogens with one attached hydrogen (secondary N) is 1. The van der Waals surface area contributed by atoms with Crippen LogP contribution in [0, 0.1) is 0 Å². The Kier molecular flexibility index (Phi) is 6.40. The molecule has 7 heteroatoms. The number of amides is 1. The Labute approximate surface area is 137 Å². The quantitative estimate of drug-likeness (QED) is 0.857. The fourth-order valence-corrected chi connectivity index (χ4v) is 3.51. The van der Waals surface area contributed by atoms with E-state index >= 15 is 0 Å². The first-order chi connectivity index (χ1) is 10.00. The summed E-state index contributed by atoms with van der Waals surface area (Å²) in [6, 6.07) is 7.38. The molecule has 124 valence electrons. The van der Waals surface area contributed by atoms with Crippen molar-refractivity contribution in [2.45, 2.75) is 32.7 Å². The molecule has 0 aliphatic carbocycles. The Bertz CT molecular complexity index is 607. The molecular formula is C15H23ClN2O3S. The molecule has 0 aliphatic heterocycles. The molecule has 1 amide bonds. The van der Waals surface area contributed by atoms with Gasteiger partial charge in [-0.05, 0) is 44.9 Å². The maximum absolute atomic E-state index is 12.0. The molecular weight excluding hydrogens is 324 g/mol. The van der Waals surface area contributed by atoms with Gasteiger partial charge in [0.2, 0.25) is 15.9 Å². The number of benzene rings is 1. The van der Waals surface area contributed by atoms with Gasteiger partial charge < -0.3 is 5.32 Å². The van der Waals surface area contributed by atoms with Crippen molar-refractivity contribution in [3.63, 3.8) is 0 Å². The first kappa shape index (κ1) is 18.9. The Hall–Kier alpha value is -1.11. The third-order valence-corrected chi connectivity index (χ3v) is 4.81. The van der Waals surface area contributed by atoms with Crippen LogP contribution in [-0.4, -0.2) is 43.5 Å². The van der Waals surface area contributed by atoms with Crippen LogP contribution in [0.4, 0.5) is 0 Å². The lowest BCUT2D eigenvalue weighted by Gasteiger charge is -2.32. The topological polar surface area (TPSA) is 66.5 Å². The third kappa shape index (κ3) is 6.34. The predicted molar refractivity (Wildman–Crippen MR) is 89.5 cm³/mol. The highest BCUT2D eigenvalue weighted by atomic mass is 35.5. The van der Waals surface area contributed by atoms with Gasteiger partial charge in [-0.15, -0.1) is 0 Å². The van der Waals surface area contributed by atoms with Gasteiger partial charge in [-0.3, -0.25) is 4.79 Å². The fourth-order valence-electron chi connectivity index (χ4n) is 2.04. The zero-order chi connectivity index (χ0) is 17.0. The molecule has 0 saturated carbocycles. The second-order valence-corrected chi connectivity index (χ2v) is 8.51. The number of carbonyl (C=O) groups excluding carboxylic acids is 1. The minimum Gasteiger partial charge on any atom is -0.355 e. The molecule has 0 unspecified atom stereocenters. The second kappa shape index (κ2) is 7.44. The molecule has 0 aromatic heterocycles. The summed E-state index contributed by atoms with van der Waals surface area (Å²) in [5.41, 5.74) is 0.418. The number of rotatable bonds is 6. The Morgan fingerprint density at radius 3 is 2.23 bits per heavy atom. The zero-order valence-corrected chi connectivity index (χ0v) is 15.0. The van der Waals surface area contributed by atoms with E-state index in [0.29, 0.717) is 18.0 Å². The van der Waals surface area contributed by atoms with E-state index in [2.05, 4.69) is 5.32 Å². The normalized spacial score (nSPS) is 12.5. The predicted octanol–water partition coefficient (Wildman–Crippen LogP) is 2.06. The van der Waals surface area contributed by atoms with Crippen molar-refractivity contribution in [2.75, 3.05) is 19.3 Å². The van der Waals surface area contributed by atoms with E-state index in [1.807, 2.05) is 12.1 Å². The van der Waals surface area contributed by atoms with Crippen molar-refractivity contribution in [1.82, 2.24) is 9.62 Å². The number of halogens is 1. The zero-order valence-electron chi connectivity index (χ0n) is 13.4. The van der Waals surface area contributed by atoms with Gasteiger partial charge in [0.15, 0.2) is 0 Å². The summed E-state index contributed by atoms with van der Waals surface area (Å²) in [5, 5.41) is 3.41. The van der Waals surface area contributed by atoms with Crippen molar-refractivity contribution in [1.29, 1.82) is 0 Å². The largest absolute Gasteiger partial charge is 0.355 e. The summed E-state index contributed by atoms with van der Waals surface area (Å²) >= 11 is 5.81. The van der Waals surface area contributed by atoms with Crippen LogP contribution in [0.25, 0.3) is 0 Å². The fraction of sp³-hybridized carbons (Fsp3) is 0.533. The number of sulfonamides is 1. The van der Waals surface area contributed by atoms with Crippen LogP contribution >= 0.6 is 11.6 Å². The van der Waals surface area contributed by atoms with Crippen molar-refractivity contribution >= 4 is 27.5 Å². The molecule has 22 heavy (non-hydrogen) atoms. The van der Waals surface area contributed by atoms with Gasteiger partial charge in [-0.2, -0.15) is 4.31 Å². The molecule has 0 aliphatic rings. The van der Waals surface area contributed by atoms with E-state index in [-0.39, 0.29) is 12.5 Å². The van der Waals surface area contributed by atoms with Crippen LogP contribution in [0.2, 0.25) is 5.02 Å². The van der Waals surface area contributed by atoms with E-state index < -0.39 is 15.6 Å². The van der Waals surface area contributed by atoms with Gasteiger partial charge in [0.1, 0.15) is 0 Å². The van der Waals surface area contributed by atoms with Crippen LogP contribution in [0.15, 0.2) is 24.3 Å². The van der Waals surface area contributed by atoms with Gasteiger partial charge in [-0.1, -0.05) is 23.7 Å². The Balaban J connectivity index is 2.53. The van der Waals surface area contributed by atoms with E-state index in [9.17, 15) is 13.2 Å². The average molecular weight is 347 g/mol. The van der Waals surface area contributed by atoms with Crippen molar-refractivity contribution in [3.8, 4) is 0 Å². The molecule has 1 rings (SSSR count). The maximum atomic E-state index is 12.0. The van der Waals surface area contributed by atoms with Gasteiger partial charge in [0.25, 0.3) is 0 Å². The van der Waals surface area contributed by atoms with Crippen LogP contribution < -0.4 is 5.32 Å². The standard InChI is InChI=1S/C15H23ClN2O3S/c1-15(2,3)18(22(4,20)21)11-14(19)17-10-9-12-5-7-13(16)8-6-12/h5-8H,9-11H2,1-4H3,(H,17,19). The van der Waals surface area contributed by atoms with E-state index in [0.717, 1.165) is 11.8 Å². The van der Waals surface area contributed by atoms with Gasteiger partial charge in [0, 0.05) is 17.1 Å². The molecule has 1 N–H and O–H groups in total. The lowest BCUT2D eigenvalue weighted by atomic mass is 10.1. The molecule has 0 bridgehead atoms. The SMILES string of the molecule is CC(C)(C)N(CC(=O)NCCc1ccc(Cl)cc1)S(C)(=O)=O. The van der Waals surface area contributed by atoms with Crippen molar-refractivity contribution < 1.29 is 13.2 Å². The molecule has 0 spiro atoms. The molecule has 0 atom stereocenters. The van der Waals surface area contributed by atoms with E-state index in [1.54, 1.807) is 32.9 Å². The highest BCUT2D eigenvalue weighted by Gasteiger charge is 2.31. The molecule has 0 heterocycles. The first-order valence-electron chi connectivity index (χ1n) is 6.99. The Morgan fingerprint density at radius 2 is 1.77 bits per heavy atom. The van der Waals surface area contributed by atoms with E-state index in [4.69, 9.17) is 11.6 Å². The highest BCUT2D eigenvalue weighted by molar-refractivity contribution is 7.88. The van der Waals surface area contributed by atoms with Gasteiger partial charge >= 0.3 is 0 Å². The summed E-state index contributed by atoms with van der Waals surface area (Å²) in [6.07, 6.45) is 1.77. The van der Waals surface area contributed by atoms with Crippen LogP contribution in [0.1, 0.15) is 26.3 Å². The van der Waals surface area contributed by atoms with Crippen LogP contribution in [0.3, 0.4) is 0 Å². The summed E-state index contributed by atoms with van der Waals surface area (Å²) in [6.45, 7) is 5.55. The smallest absolute Gasteiger partial charge is 0.235 e.